The summed E-state index contributed by atoms with van der Waals surface area (Å²) in [6.45, 7) is 1.88. The van der Waals surface area contributed by atoms with E-state index in [-0.39, 0.29) is 17.2 Å². The number of rotatable bonds is 6. The van der Waals surface area contributed by atoms with Gasteiger partial charge >= 0.3 is 0 Å². The summed E-state index contributed by atoms with van der Waals surface area (Å²) in [5, 5.41) is -0.657. The second-order valence-corrected chi connectivity index (χ2v) is 9.15. The Morgan fingerprint density at radius 1 is 0.962 bits per heavy atom. The highest BCUT2D eigenvalue weighted by Gasteiger charge is 2.36. The molecule has 2 aromatic carbocycles. The van der Waals surface area contributed by atoms with Crippen LogP contribution >= 0.6 is 11.6 Å². The second-order valence-electron chi connectivity index (χ2n) is 6.58. The van der Waals surface area contributed by atoms with E-state index in [0.29, 0.717) is 10.6 Å². The molecule has 2 aromatic rings. The zero-order chi connectivity index (χ0) is 18.6. The smallest absolute Gasteiger partial charge is 0.189 e. The number of carbonyl (C=O) groups excluding carboxylic acids is 1. The van der Waals surface area contributed by atoms with E-state index in [1.54, 1.807) is 36.4 Å². The van der Waals surface area contributed by atoms with Crippen molar-refractivity contribution >= 4 is 27.2 Å². The number of Topliss-reactive ketones (excluding diaryl/α,β-unsaturated/α-hetero) is 1. The number of nitrogens with zero attached hydrogens (tertiary/aromatic N) is 1. The summed E-state index contributed by atoms with van der Waals surface area (Å²) in [7, 11) is -3.81. The molecule has 26 heavy (non-hydrogen) atoms. The summed E-state index contributed by atoms with van der Waals surface area (Å²) in [6.07, 6.45) is 3.22. The third-order valence-corrected chi connectivity index (χ3v) is 7.03. The highest BCUT2D eigenvalue weighted by atomic mass is 35.5. The summed E-state index contributed by atoms with van der Waals surface area (Å²) in [6, 6.07) is 14.7. The molecule has 0 spiro atoms. The number of benzene rings is 2. The lowest BCUT2D eigenvalue weighted by molar-refractivity contribution is 0.0963. The van der Waals surface area contributed by atoms with Crippen molar-refractivity contribution in [1.29, 1.82) is 0 Å². The van der Waals surface area contributed by atoms with Crippen molar-refractivity contribution in [2.24, 2.45) is 0 Å². The van der Waals surface area contributed by atoms with Crippen molar-refractivity contribution in [2.75, 3.05) is 19.6 Å². The SMILES string of the molecule is O=C(c1ccccc1)[C@@H](CN1CCCCC1)S(=O)(=O)c1ccc(Cl)cc1. The molecule has 3 rings (SSSR count). The lowest BCUT2D eigenvalue weighted by atomic mass is 10.1. The van der Waals surface area contributed by atoms with Gasteiger partial charge in [0.1, 0.15) is 5.25 Å². The average molecular weight is 392 g/mol. The summed E-state index contributed by atoms with van der Waals surface area (Å²) >= 11 is 5.89. The Kier molecular flexibility index (Phi) is 6.12. The maximum atomic E-state index is 13.2. The Morgan fingerprint density at radius 2 is 1.58 bits per heavy atom. The van der Waals surface area contributed by atoms with Crippen molar-refractivity contribution in [3.05, 3.63) is 65.2 Å². The number of ketones is 1. The number of piperidine rings is 1. The van der Waals surface area contributed by atoms with E-state index in [1.807, 2.05) is 6.07 Å². The van der Waals surface area contributed by atoms with Crippen LogP contribution in [0, 0.1) is 0 Å². The summed E-state index contributed by atoms with van der Waals surface area (Å²) < 4.78 is 26.5. The standard InChI is InChI=1S/C20H22ClNO3S/c21-17-9-11-18(12-10-17)26(24,25)19(15-22-13-5-2-6-14-22)20(23)16-7-3-1-4-8-16/h1,3-4,7-12,19H,2,5-6,13-15H2/t19-/m1/s1. The van der Waals surface area contributed by atoms with Gasteiger partial charge in [-0.2, -0.15) is 0 Å². The van der Waals surface area contributed by atoms with Crippen molar-refractivity contribution in [2.45, 2.75) is 29.4 Å². The zero-order valence-electron chi connectivity index (χ0n) is 14.5. The van der Waals surface area contributed by atoms with Crippen LogP contribution in [0.2, 0.25) is 5.02 Å². The number of halogens is 1. The predicted molar refractivity (Wildman–Crippen MR) is 103 cm³/mol. The van der Waals surface area contributed by atoms with Crippen molar-refractivity contribution in [1.82, 2.24) is 4.90 Å². The Bertz CT molecular complexity index is 844. The largest absolute Gasteiger partial charge is 0.302 e. The van der Waals surface area contributed by atoms with Crippen LogP contribution in [0.1, 0.15) is 29.6 Å². The van der Waals surface area contributed by atoms with Gasteiger partial charge in [0, 0.05) is 17.1 Å². The third kappa shape index (κ3) is 4.34. The summed E-state index contributed by atoms with van der Waals surface area (Å²) in [5.41, 5.74) is 0.423. The molecule has 1 saturated heterocycles. The van der Waals surface area contributed by atoms with E-state index in [2.05, 4.69) is 4.90 Å². The van der Waals surface area contributed by atoms with Crippen LogP contribution in [0.25, 0.3) is 0 Å². The Hall–Kier alpha value is -1.69. The minimum atomic E-state index is -3.81. The summed E-state index contributed by atoms with van der Waals surface area (Å²) in [5.74, 6) is -0.355. The maximum absolute atomic E-state index is 13.2. The molecule has 1 atom stereocenters. The predicted octanol–water partition coefficient (Wildman–Crippen LogP) is 3.85. The van der Waals surface area contributed by atoms with Gasteiger partial charge in [0.2, 0.25) is 0 Å². The molecule has 0 aromatic heterocycles. The van der Waals surface area contributed by atoms with E-state index in [0.717, 1.165) is 32.4 Å². The van der Waals surface area contributed by atoms with Crippen LogP contribution in [0.3, 0.4) is 0 Å². The molecule has 1 fully saturated rings. The molecule has 0 aliphatic carbocycles. The number of sulfone groups is 1. The highest BCUT2D eigenvalue weighted by molar-refractivity contribution is 7.92. The fraction of sp³-hybridized carbons (Fsp3) is 0.350. The van der Waals surface area contributed by atoms with E-state index in [1.165, 1.54) is 12.1 Å². The quantitative estimate of drug-likeness (QED) is 0.702. The molecule has 0 radical (unpaired) electrons. The molecule has 0 saturated carbocycles. The third-order valence-electron chi connectivity index (χ3n) is 4.74. The topological polar surface area (TPSA) is 54.5 Å². The van der Waals surface area contributed by atoms with Gasteiger partial charge in [-0.1, -0.05) is 48.4 Å². The van der Waals surface area contributed by atoms with Crippen LogP contribution in [-0.4, -0.2) is 44.0 Å². The van der Waals surface area contributed by atoms with Crippen LogP contribution in [0.5, 0.6) is 0 Å². The van der Waals surface area contributed by atoms with Crippen molar-refractivity contribution < 1.29 is 13.2 Å². The van der Waals surface area contributed by atoms with Crippen LogP contribution < -0.4 is 0 Å². The second kappa shape index (κ2) is 8.33. The van der Waals surface area contributed by atoms with Crippen molar-refractivity contribution in [3.8, 4) is 0 Å². The number of hydrogen-bond acceptors (Lipinski definition) is 4. The zero-order valence-corrected chi connectivity index (χ0v) is 16.0. The van der Waals surface area contributed by atoms with Gasteiger partial charge in [-0.15, -0.1) is 0 Å². The lowest BCUT2D eigenvalue weighted by Gasteiger charge is -2.29. The first-order valence-corrected chi connectivity index (χ1v) is 10.7. The highest BCUT2D eigenvalue weighted by Crippen LogP contribution is 2.23. The molecule has 1 aliphatic rings. The fourth-order valence-corrected chi connectivity index (χ4v) is 5.07. The minimum absolute atomic E-state index is 0.133. The molecule has 138 valence electrons. The number of carbonyl (C=O) groups is 1. The molecule has 1 aliphatic heterocycles. The monoisotopic (exact) mass is 391 g/mol. The maximum Gasteiger partial charge on any atom is 0.189 e. The normalized spacial score (nSPS) is 17.0. The van der Waals surface area contributed by atoms with Crippen LogP contribution in [-0.2, 0) is 9.84 Å². The fourth-order valence-electron chi connectivity index (χ4n) is 3.28. The minimum Gasteiger partial charge on any atom is -0.302 e. The van der Waals surface area contributed by atoms with Crippen molar-refractivity contribution in [3.63, 3.8) is 0 Å². The number of hydrogen-bond donors (Lipinski definition) is 0. The Morgan fingerprint density at radius 3 is 2.19 bits per heavy atom. The van der Waals surface area contributed by atoms with Gasteiger partial charge in [0.15, 0.2) is 15.6 Å². The molecular weight excluding hydrogens is 370 g/mol. The molecule has 0 unspecified atom stereocenters. The molecular formula is C20H22ClNO3S. The molecule has 0 amide bonds. The van der Waals surface area contributed by atoms with Crippen LogP contribution in [0.4, 0.5) is 0 Å². The van der Waals surface area contributed by atoms with E-state index >= 15 is 0 Å². The van der Waals surface area contributed by atoms with E-state index in [4.69, 9.17) is 11.6 Å². The first-order valence-electron chi connectivity index (χ1n) is 8.79. The lowest BCUT2D eigenvalue weighted by Crippen LogP contribution is -2.44. The van der Waals surface area contributed by atoms with Gasteiger partial charge in [-0.3, -0.25) is 4.79 Å². The molecule has 0 N–H and O–H groups in total. The molecule has 6 heteroatoms. The van der Waals surface area contributed by atoms with Gasteiger partial charge in [-0.05, 0) is 50.2 Å². The van der Waals surface area contributed by atoms with Gasteiger partial charge in [0.05, 0.1) is 4.90 Å². The van der Waals surface area contributed by atoms with E-state index < -0.39 is 15.1 Å². The first-order chi connectivity index (χ1) is 12.5. The number of likely N-dealkylation sites (tertiary alicyclic amines) is 1. The molecule has 1 heterocycles. The van der Waals surface area contributed by atoms with Gasteiger partial charge in [0.25, 0.3) is 0 Å². The average Bonchev–Trinajstić information content (AvgIpc) is 2.67. The summed E-state index contributed by atoms with van der Waals surface area (Å²) in [4.78, 5) is 15.3. The van der Waals surface area contributed by atoms with E-state index in [9.17, 15) is 13.2 Å². The molecule has 4 nitrogen and oxygen atoms in total. The van der Waals surface area contributed by atoms with Gasteiger partial charge in [-0.25, -0.2) is 8.42 Å². The van der Waals surface area contributed by atoms with Gasteiger partial charge < -0.3 is 4.90 Å². The molecule has 0 bridgehead atoms. The van der Waals surface area contributed by atoms with Crippen LogP contribution in [0.15, 0.2) is 59.5 Å². The Labute approximate surface area is 159 Å². The Balaban J connectivity index is 1.95. The first kappa shape index (κ1) is 19.1.